The third-order valence-corrected chi connectivity index (χ3v) is 3.73. The second kappa shape index (κ2) is 5.65. The van der Waals surface area contributed by atoms with Crippen LogP contribution < -0.4 is 0 Å². The number of tetrazole rings is 1. The Hall–Kier alpha value is -2.21. The van der Waals surface area contributed by atoms with Crippen LogP contribution in [0.4, 0.5) is 0 Å². The zero-order chi connectivity index (χ0) is 14.8. The van der Waals surface area contributed by atoms with E-state index in [-0.39, 0.29) is 5.91 Å². The summed E-state index contributed by atoms with van der Waals surface area (Å²) in [7, 11) is 0. The lowest BCUT2D eigenvalue weighted by Gasteiger charge is -2.26. The number of carbonyl (C=O) groups is 1. The van der Waals surface area contributed by atoms with Crippen LogP contribution in [0.5, 0.6) is 0 Å². The molecule has 0 radical (unpaired) electrons. The van der Waals surface area contributed by atoms with Crippen LogP contribution in [0, 0.1) is 0 Å². The molecule has 6 nitrogen and oxygen atoms in total. The van der Waals surface area contributed by atoms with Gasteiger partial charge < -0.3 is 4.90 Å². The first kappa shape index (κ1) is 13.8. The van der Waals surface area contributed by atoms with Crippen molar-refractivity contribution in [3.63, 3.8) is 0 Å². The van der Waals surface area contributed by atoms with Crippen molar-refractivity contribution in [1.29, 1.82) is 0 Å². The van der Waals surface area contributed by atoms with Gasteiger partial charge in [-0.05, 0) is 36.8 Å². The van der Waals surface area contributed by atoms with Crippen molar-refractivity contribution < 1.29 is 4.79 Å². The third-order valence-electron chi connectivity index (χ3n) is 3.42. The number of aromatic amines is 1. The number of carbonyl (C=O) groups excluding carboxylic acids is 1. The molecule has 0 saturated carbocycles. The van der Waals surface area contributed by atoms with Crippen molar-refractivity contribution in [2.75, 3.05) is 13.1 Å². The van der Waals surface area contributed by atoms with Gasteiger partial charge in [0, 0.05) is 24.2 Å². The number of hydrogen-bond acceptors (Lipinski definition) is 4. The monoisotopic (exact) mass is 303 g/mol. The van der Waals surface area contributed by atoms with Crippen molar-refractivity contribution in [2.45, 2.75) is 13.3 Å². The second-order valence-electron chi connectivity index (χ2n) is 5.00. The third kappa shape index (κ3) is 2.80. The van der Waals surface area contributed by atoms with E-state index in [4.69, 9.17) is 11.6 Å². The Kier molecular flexibility index (Phi) is 3.70. The molecule has 0 fully saturated rings. The lowest BCUT2D eigenvalue weighted by atomic mass is 10.1. The number of aromatic nitrogens is 4. The Morgan fingerprint density at radius 1 is 1.43 bits per heavy atom. The Balaban J connectivity index is 1.85. The summed E-state index contributed by atoms with van der Waals surface area (Å²) < 4.78 is 0. The maximum absolute atomic E-state index is 12.5. The second-order valence-corrected chi connectivity index (χ2v) is 5.40. The predicted molar refractivity (Wildman–Crippen MR) is 78.9 cm³/mol. The van der Waals surface area contributed by atoms with Crippen LogP contribution in [0.15, 0.2) is 29.8 Å². The van der Waals surface area contributed by atoms with Gasteiger partial charge in [-0.2, -0.15) is 5.21 Å². The van der Waals surface area contributed by atoms with Crippen molar-refractivity contribution >= 4 is 17.5 Å². The minimum atomic E-state index is -0.0102. The number of nitrogens with zero attached hydrogens (tertiary/aromatic N) is 4. The van der Waals surface area contributed by atoms with E-state index in [2.05, 4.69) is 26.7 Å². The van der Waals surface area contributed by atoms with Gasteiger partial charge in [-0.1, -0.05) is 23.3 Å². The molecule has 2 aromatic rings. The lowest BCUT2D eigenvalue weighted by Crippen LogP contribution is -2.35. The molecule has 1 aromatic heterocycles. The van der Waals surface area contributed by atoms with Crippen molar-refractivity contribution in [3.05, 3.63) is 40.4 Å². The predicted octanol–water partition coefficient (Wildman–Crippen LogP) is 2.31. The van der Waals surface area contributed by atoms with Crippen LogP contribution in [0.25, 0.3) is 11.4 Å². The minimum absolute atomic E-state index is 0.0102. The highest BCUT2D eigenvalue weighted by Crippen LogP contribution is 2.26. The summed E-state index contributed by atoms with van der Waals surface area (Å²) in [6.45, 7) is 3.44. The summed E-state index contributed by atoms with van der Waals surface area (Å²) >= 11 is 6.23. The number of rotatable bonds is 2. The quantitative estimate of drug-likeness (QED) is 0.864. The van der Waals surface area contributed by atoms with Crippen molar-refractivity contribution in [3.8, 4) is 11.4 Å². The van der Waals surface area contributed by atoms with E-state index in [0.717, 1.165) is 13.0 Å². The highest BCUT2D eigenvalue weighted by molar-refractivity contribution is 6.33. The van der Waals surface area contributed by atoms with Gasteiger partial charge in [-0.25, -0.2) is 0 Å². The molecule has 3 rings (SSSR count). The number of halogens is 1. The molecule has 0 unspecified atom stereocenters. The molecule has 108 valence electrons. The minimum Gasteiger partial charge on any atom is -0.334 e. The van der Waals surface area contributed by atoms with E-state index in [1.165, 1.54) is 5.57 Å². The molecule has 0 bridgehead atoms. The molecule has 0 aliphatic carbocycles. The van der Waals surface area contributed by atoms with Crippen LogP contribution in [0.3, 0.4) is 0 Å². The van der Waals surface area contributed by atoms with Crippen LogP contribution in [-0.2, 0) is 0 Å². The van der Waals surface area contributed by atoms with Crippen LogP contribution >= 0.6 is 11.6 Å². The van der Waals surface area contributed by atoms with Gasteiger partial charge in [0.1, 0.15) is 0 Å². The zero-order valence-electron chi connectivity index (χ0n) is 11.5. The molecule has 0 atom stereocenters. The first-order valence-corrected chi connectivity index (χ1v) is 7.01. The first-order chi connectivity index (χ1) is 10.1. The SMILES string of the molecule is CC1=CCCN(C(=O)c2ccc(-c3nn[nH]n3)c(Cl)c2)C1. The normalized spacial score (nSPS) is 15.0. The summed E-state index contributed by atoms with van der Waals surface area (Å²) in [5, 5.41) is 14.1. The standard InChI is InChI=1S/C14H14ClN5O/c1-9-3-2-6-20(8-9)14(21)10-4-5-11(12(15)7-10)13-16-18-19-17-13/h3-5,7H,2,6,8H2,1H3,(H,16,17,18,19). The highest BCUT2D eigenvalue weighted by atomic mass is 35.5. The van der Waals surface area contributed by atoms with E-state index in [0.29, 0.717) is 28.5 Å². The molecule has 0 saturated heterocycles. The number of hydrogen-bond donors (Lipinski definition) is 1. The molecule has 1 amide bonds. The molecule has 0 spiro atoms. The summed E-state index contributed by atoms with van der Waals surface area (Å²) in [6.07, 6.45) is 3.06. The van der Waals surface area contributed by atoms with Gasteiger partial charge in [0.25, 0.3) is 5.91 Å². The summed E-state index contributed by atoms with van der Waals surface area (Å²) in [6, 6.07) is 5.14. The fraction of sp³-hybridized carbons (Fsp3) is 0.286. The topological polar surface area (TPSA) is 74.8 Å². The maximum Gasteiger partial charge on any atom is 0.254 e. The van der Waals surface area contributed by atoms with Gasteiger partial charge in [-0.15, -0.1) is 10.2 Å². The molecule has 21 heavy (non-hydrogen) atoms. The fourth-order valence-electron chi connectivity index (χ4n) is 2.37. The Bertz CT molecular complexity index is 695. The number of H-pyrrole nitrogens is 1. The van der Waals surface area contributed by atoms with E-state index >= 15 is 0 Å². The summed E-state index contributed by atoms with van der Waals surface area (Å²) in [4.78, 5) is 14.3. The van der Waals surface area contributed by atoms with Gasteiger partial charge in [0.05, 0.1) is 5.02 Å². The molecule has 1 aliphatic rings. The summed E-state index contributed by atoms with van der Waals surface area (Å²) in [5.41, 5.74) is 2.43. The Labute approximate surface area is 126 Å². The average Bonchev–Trinajstić information content (AvgIpc) is 3.00. The first-order valence-electron chi connectivity index (χ1n) is 6.63. The molecule has 2 heterocycles. The summed E-state index contributed by atoms with van der Waals surface area (Å²) in [5.74, 6) is 0.403. The molecular weight excluding hydrogens is 290 g/mol. The number of benzene rings is 1. The van der Waals surface area contributed by atoms with Gasteiger partial charge in [0.2, 0.25) is 5.82 Å². The average molecular weight is 304 g/mol. The molecule has 7 heteroatoms. The van der Waals surface area contributed by atoms with Gasteiger partial charge >= 0.3 is 0 Å². The Morgan fingerprint density at radius 2 is 2.29 bits per heavy atom. The maximum atomic E-state index is 12.5. The van der Waals surface area contributed by atoms with Crippen molar-refractivity contribution in [1.82, 2.24) is 25.5 Å². The van der Waals surface area contributed by atoms with E-state index in [1.54, 1.807) is 18.2 Å². The van der Waals surface area contributed by atoms with Crippen LogP contribution in [0.1, 0.15) is 23.7 Å². The molecule has 1 N–H and O–H groups in total. The lowest BCUT2D eigenvalue weighted by molar-refractivity contribution is 0.0766. The van der Waals surface area contributed by atoms with Gasteiger partial charge in [-0.3, -0.25) is 4.79 Å². The Morgan fingerprint density at radius 3 is 2.95 bits per heavy atom. The zero-order valence-corrected chi connectivity index (χ0v) is 12.3. The van der Waals surface area contributed by atoms with Gasteiger partial charge in [0.15, 0.2) is 0 Å². The smallest absolute Gasteiger partial charge is 0.254 e. The van der Waals surface area contributed by atoms with E-state index < -0.39 is 0 Å². The fourth-order valence-corrected chi connectivity index (χ4v) is 2.64. The number of amides is 1. The number of nitrogens with one attached hydrogen (secondary N) is 1. The van der Waals surface area contributed by atoms with Crippen LogP contribution in [-0.4, -0.2) is 44.5 Å². The molecule has 1 aliphatic heterocycles. The molecular formula is C14H14ClN5O. The van der Waals surface area contributed by atoms with E-state index in [1.807, 2.05) is 11.8 Å². The highest BCUT2D eigenvalue weighted by Gasteiger charge is 2.19. The van der Waals surface area contributed by atoms with E-state index in [9.17, 15) is 4.79 Å². The largest absolute Gasteiger partial charge is 0.334 e. The van der Waals surface area contributed by atoms with Crippen molar-refractivity contribution in [2.24, 2.45) is 0 Å². The molecule has 1 aromatic carbocycles. The van der Waals surface area contributed by atoms with Crippen LogP contribution in [0.2, 0.25) is 5.02 Å².